The Morgan fingerprint density at radius 1 is 1.40 bits per heavy atom. The summed E-state index contributed by atoms with van der Waals surface area (Å²) in [5.41, 5.74) is 0.884. The number of H-pyrrole nitrogens is 1. The molecule has 2 aromatic heterocycles. The summed E-state index contributed by atoms with van der Waals surface area (Å²) in [6, 6.07) is 0.484. The molecule has 3 heterocycles. The number of nitrogens with zero attached hydrogens (tertiary/aromatic N) is 1. The van der Waals surface area contributed by atoms with Gasteiger partial charge < -0.3 is 15.6 Å². The summed E-state index contributed by atoms with van der Waals surface area (Å²) in [5, 5.41) is 7.13. The molecule has 25 heavy (non-hydrogen) atoms. The van der Waals surface area contributed by atoms with Gasteiger partial charge in [0.05, 0.1) is 5.39 Å². The van der Waals surface area contributed by atoms with E-state index in [-0.39, 0.29) is 29.9 Å². The van der Waals surface area contributed by atoms with Crippen LogP contribution in [0.2, 0.25) is 0 Å². The van der Waals surface area contributed by atoms with Crippen molar-refractivity contribution in [1.82, 2.24) is 20.6 Å². The minimum Gasteiger partial charge on any atom is -0.352 e. The fourth-order valence-corrected chi connectivity index (χ4v) is 4.22. The largest absolute Gasteiger partial charge is 0.352 e. The molecular weight excluding hydrogens is 360 g/mol. The molecule has 1 aliphatic rings. The molecule has 138 valence electrons. The lowest BCUT2D eigenvalue weighted by atomic mass is 10.00. The van der Waals surface area contributed by atoms with Gasteiger partial charge in [0.1, 0.15) is 10.7 Å². The van der Waals surface area contributed by atoms with Crippen molar-refractivity contribution in [1.29, 1.82) is 0 Å². The number of carbonyl (C=O) groups excluding carboxylic acids is 1. The monoisotopic (exact) mass is 384 g/mol. The van der Waals surface area contributed by atoms with Gasteiger partial charge >= 0.3 is 0 Å². The van der Waals surface area contributed by atoms with E-state index in [2.05, 4.69) is 27.5 Å². The molecule has 6 nitrogen and oxygen atoms in total. The normalized spacial score (nSPS) is 20.3. The molecule has 1 saturated heterocycles. The molecule has 0 spiro atoms. The third kappa shape index (κ3) is 4.40. The highest BCUT2D eigenvalue weighted by Crippen LogP contribution is 2.25. The van der Waals surface area contributed by atoms with E-state index in [1.54, 1.807) is 0 Å². The van der Waals surface area contributed by atoms with Crippen molar-refractivity contribution >= 4 is 39.9 Å². The van der Waals surface area contributed by atoms with E-state index in [1.165, 1.54) is 11.3 Å². The quantitative estimate of drug-likeness (QED) is 0.754. The lowest BCUT2D eigenvalue weighted by Gasteiger charge is -2.30. The van der Waals surface area contributed by atoms with E-state index >= 15 is 0 Å². The summed E-state index contributed by atoms with van der Waals surface area (Å²) in [6.45, 7) is 7.04. The highest BCUT2D eigenvalue weighted by Gasteiger charge is 2.22. The SMILES string of the molecule is Cc1sc2nc(CCC(=O)NC3CCCNC3C)[nH]c(=O)c2c1C.Cl. The second-order valence-corrected chi connectivity index (χ2v) is 7.74. The van der Waals surface area contributed by atoms with E-state index in [1.807, 2.05) is 13.8 Å². The second kappa shape index (κ2) is 8.29. The van der Waals surface area contributed by atoms with Crippen molar-refractivity contribution in [3.05, 3.63) is 26.6 Å². The number of fused-ring (bicyclic) bond motifs is 1. The van der Waals surface area contributed by atoms with Crippen LogP contribution >= 0.6 is 23.7 Å². The molecule has 8 heteroatoms. The molecule has 0 aromatic carbocycles. The van der Waals surface area contributed by atoms with E-state index < -0.39 is 0 Å². The van der Waals surface area contributed by atoms with Crippen LogP contribution in [0.3, 0.4) is 0 Å². The Bertz CT molecular complexity index is 817. The maximum atomic E-state index is 12.2. The highest BCUT2D eigenvalue weighted by atomic mass is 35.5. The number of hydrogen-bond acceptors (Lipinski definition) is 5. The molecule has 2 aromatic rings. The topological polar surface area (TPSA) is 86.9 Å². The average molecular weight is 385 g/mol. The first-order valence-corrected chi connectivity index (χ1v) is 9.29. The molecule has 1 aliphatic heterocycles. The van der Waals surface area contributed by atoms with Crippen molar-refractivity contribution < 1.29 is 4.79 Å². The number of piperidine rings is 1. The number of nitrogens with one attached hydrogen (secondary N) is 3. The zero-order valence-electron chi connectivity index (χ0n) is 14.8. The van der Waals surface area contributed by atoms with Gasteiger partial charge in [-0.15, -0.1) is 23.7 Å². The Hall–Kier alpha value is -1.44. The molecule has 3 rings (SSSR count). The van der Waals surface area contributed by atoms with Crippen molar-refractivity contribution in [2.24, 2.45) is 0 Å². The van der Waals surface area contributed by atoms with Crippen molar-refractivity contribution in [2.45, 2.75) is 58.5 Å². The highest BCUT2D eigenvalue weighted by molar-refractivity contribution is 7.18. The van der Waals surface area contributed by atoms with E-state index in [9.17, 15) is 9.59 Å². The number of halogens is 1. The number of aromatic nitrogens is 2. The Balaban J connectivity index is 0.00000225. The van der Waals surface area contributed by atoms with Gasteiger partial charge in [-0.25, -0.2) is 4.98 Å². The lowest BCUT2D eigenvalue weighted by molar-refractivity contribution is -0.122. The Morgan fingerprint density at radius 3 is 2.88 bits per heavy atom. The Kier molecular flexibility index (Phi) is 6.59. The number of thiophene rings is 1. The number of aryl methyl sites for hydroxylation is 3. The number of rotatable bonds is 4. The summed E-state index contributed by atoms with van der Waals surface area (Å²) >= 11 is 1.53. The minimum absolute atomic E-state index is 0. The molecule has 0 radical (unpaired) electrons. The minimum atomic E-state index is -0.109. The van der Waals surface area contributed by atoms with Crippen LogP contribution in [0.15, 0.2) is 4.79 Å². The van der Waals surface area contributed by atoms with Gasteiger partial charge in [0, 0.05) is 29.8 Å². The Morgan fingerprint density at radius 2 is 2.16 bits per heavy atom. The molecule has 0 bridgehead atoms. The molecule has 2 atom stereocenters. The van der Waals surface area contributed by atoms with Crippen LogP contribution in [0, 0.1) is 13.8 Å². The number of amides is 1. The van der Waals surface area contributed by atoms with Crippen molar-refractivity contribution in [2.75, 3.05) is 6.54 Å². The summed E-state index contributed by atoms with van der Waals surface area (Å²) in [6.07, 6.45) is 2.87. The van der Waals surface area contributed by atoms with Crippen LogP contribution in [-0.2, 0) is 11.2 Å². The van der Waals surface area contributed by atoms with Gasteiger partial charge in [-0.05, 0) is 45.7 Å². The zero-order chi connectivity index (χ0) is 17.3. The van der Waals surface area contributed by atoms with Crippen LogP contribution in [0.1, 0.15) is 42.5 Å². The van der Waals surface area contributed by atoms with Crippen LogP contribution in [-0.4, -0.2) is 34.5 Å². The maximum absolute atomic E-state index is 12.2. The van der Waals surface area contributed by atoms with Crippen LogP contribution < -0.4 is 16.2 Å². The molecule has 0 saturated carbocycles. The van der Waals surface area contributed by atoms with Crippen LogP contribution in [0.5, 0.6) is 0 Å². The van der Waals surface area contributed by atoms with Crippen LogP contribution in [0.4, 0.5) is 0 Å². The first-order valence-electron chi connectivity index (χ1n) is 8.47. The molecule has 2 unspecified atom stereocenters. The lowest BCUT2D eigenvalue weighted by Crippen LogP contribution is -2.51. The zero-order valence-corrected chi connectivity index (χ0v) is 16.4. The summed E-state index contributed by atoms with van der Waals surface area (Å²) < 4.78 is 0. The van der Waals surface area contributed by atoms with Gasteiger partial charge in [-0.2, -0.15) is 0 Å². The predicted octanol–water partition coefficient (Wildman–Crippen LogP) is 2.21. The molecule has 0 aliphatic carbocycles. The number of carbonyl (C=O) groups is 1. The van der Waals surface area contributed by atoms with Gasteiger partial charge in [0.15, 0.2) is 0 Å². The van der Waals surface area contributed by atoms with Gasteiger partial charge in [0.2, 0.25) is 5.91 Å². The van der Waals surface area contributed by atoms with Gasteiger partial charge in [0.25, 0.3) is 5.56 Å². The number of hydrogen-bond donors (Lipinski definition) is 3. The summed E-state index contributed by atoms with van der Waals surface area (Å²) in [5.74, 6) is 0.593. The van der Waals surface area contributed by atoms with Gasteiger partial charge in [-0.3, -0.25) is 9.59 Å². The standard InChI is InChI=1S/C17H24N4O2S.ClH/c1-9-11(3)24-17-15(9)16(23)20-13(21-17)6-7-14(22)19-12-5-4-8-18-10(12)2;/h10,12,18H,4-8H2,1-3H3,(H,19,22)(H,20,21,23);1H. The second-order valence-electron chi connectivity index (χ2n) is 6.54. The number of aromatic amines is 1. The fraction of sp³-hybridized carbons (Fsp3) is 0.588. The first-order chi connectivity index (χ1) is 11.5. The molecule has 1 fully saturated rings. The van der Waals surface area contributed by atoms with Gasteiger partial charge in [-0.1, -0.05) is 0 Å². The summed E-state index contributed by atoms with van der Waals surface area (Å²) in [4.78, 5) is 33.6. The van der Waals surface area contributed by atoms with Crippen LogP contribution in [0.25, 0.3) is 10.2 Å². The molecule has 1 amide bonds. The summed E-state index contributed by atoms with van der Waals surface area (Å²) in [7, 11) is 0. The molecule has 3 N–H and O–H groups in total. The van der Waals surface area contributed by atoms with Crippen molar-refractivity contribution in [3.63, 3.8) is 0 Å². The smallest absolute Gasteiger partial charge is 0.259 e. The first kappa shape index (κ1) is 19.9. The predicted molar refractivity (Wildman–Crippen MR) is 104 cm³/mol. The molecular formula is C17H25ClN4O2S. The Labute approximate surface area is 157 Å². The maximum Gasteiger partial charge on any atom is 0.259 e. The van der Waals surface area contributed by atoms with E-state index in [0.717, 1.165) is 34.7 Å². The van der Waals surface area contributed by atoms with Crippen molar-refractivity contribution in [3.8, 4) is 0 Å². The third-order valence-corrected chi connectivity index (χ3v) is 5.89. The third-order valence-electron chi connectivity index (χ3n) is 4.79. The van der Waals surface area contributed by atoms with E-state index in [4.69, 9.17) is 0 Å². The van der Waals surface area contributed by atoms with E-state index in [0.29, 0.717) is 30.1 Å². The average Bonchev–Trinajstić information content (AvgIpc) is 2.82. The fourth-order valence-electron chi connectivity index (χ4n) is 3.17.